The van der Waals surface area contributed by atoms with Crippen molar-refractivity contribution in [3.63, 3.8) is 0 Å². The van der Waals surface area contributed by atoms with Crippen LogP contribution in [-0.4, -0.2) is 45.2 Å². The van der Waals surface area contributed by atoms with Crippen LogP contribution < -0.4 is 19.5 Å². The summed E-state index contributed by atoms with van der Waals surface area (Å²) in [5, 5.41) is 3.01. The number of amides is 1. The van der Waals surface area contributed by atoms with E-state index in [9.17, 15) is 4.79 Å². The number of carbonyl (C=O) groups is 1. The van der Waals surface area contributed by atoms with E-state index in [1.54, 1.807) is 27.4 Å². The van der Waals surface area contributed by atoms with E-state index in [2.05, 4.69) is 22.3 Å². The molecule has 0 bridgehead atoms. The number of piperidine rings is 1. The van der Waals surface area contributed by atoms with Crippen LogP contribution in [-0.2, 0) is 11.3 Å². The highest BCUT2D eigenvalue weighted by Crippen LogP contribution is 2.30. The Morgan fingerprint density at radius 2 is 1.71 bits per heavy atom. The predicted octanol–water partition coefficient (Wildman–Crippen LogP) is 3.56. The molecular formula is C22H28N2O4. The van der Waals surface area contributed by atoms with Crippen molar-refractivity contribution in [2.45, 2.75) is 19.4 Å². The minimum atomic E-state index is 0.00775. The molecule has 3 rings (SSSR count). The fraction of sp³-hybridized carbons (Fsp3) is 0.409. The van der Waals surface area contributed by atoms with Crippen LogP contribution in [0, 0.1) is 5.92 Å². The maximum Gasteiger partial charge on any atom is 0.227 e. The Bertz CT molecular complexity index is 801. The number of benzene rings is 2. The van der Waals surface area contributed by atoms with E-state index in [1.165, 1.54) is 5.56 Å². The van der Waals surface area contributed by atoms with Gasteiger partial charge in [0.05, 0.1) is 27.0 Å². The molecule has 1 aliphatic rings. The topological polar surface area (TPSA) is 60.0 Å². The molecule has 0 saturated carbocycles. The normalized spacial score (nSPS) is 15.1. The van der Waals surface area contributed by atoms with Gasteiger partial charge in [-0.1, -0.05) is 12.1 Å². The lowest BCUT2D eigenvalue weighted by Crippen LogP contribution is -2.37. The van der Waals surface area contributed by atoms with E-state index < -0.39 is 0 Å². The number of nitrogens with one attached hydrogen (secondary N) is 1. The number of likely N-dealkylation sites (tertiary alicyclic amines) is 1. The molecule has 0 spiro atoms. The van der Waals surface area contributed by atoms with Gasteiger partial charge in [-0.2, -0.15) is 0 Å². The molecule has 1 aliphatic heterocycles. The first-order valence-electron chi connectivity index (χ1n) is 9.51. The zero-order valence-electron chi connectivity index (χ0n) is 16.7. The molecule has 0 aliphatic carbocycles. The van der Waals surface area contributed by atoms with Gasteiger partial charge in [0.2, 0.25) is 5.91 Å². The van der Waals surface area contributed by atoms with Gasteiger partial charge in [0.1, 0.15) is 17.2 Å². The van der Waals surface area contributed by atoms with Crippen LogP contribution in [0.15, 0.2) is 42.5 Å². The van der Waals surface area contributed by atoms with Crippen molar-refractivity contribution in [1.29, 1.82) is 0 Å². The van der Waals surface area contributed by atoms with Gasteiger partial charge >= 0.3 is 0 Å². The van der Waals surface area contributed by atoms with Crippen molar-refractivity contribution >= 4 is 11.6 Å². The lowest BCUT2D eigenvalue weighted by atomic mass is 9.95. The van der Waals surface area contributed by atoms with Crippen molar-refractivity contribution in [2.24, 2.45) is 5.92 Å². The average Bonchev–Trinajstić information content (AvgIpc) is 2.74. The van der Waals surface area contributed by atoms with Crippen molar-refractivity contribution in [3.05, 3.63) is 48.0 Å². The number of hydrogen-bond acceptors (Lipinski definition) is 5. The number of nitrogens with zero attached hydrogens (tertiary/aromatic N) is 1. The zero-order valence-corrected chi connectivity index (χ0v) is 16.7. The highest BCUT2D eigenvalue weighted by atomic mass is 16.5. The number of anilines is 1. The van der Waals surface area contributed by atoms with Crippen LogP contribution in [0.3, 0.4) is 0 Å². The van der Waals surface area contributed by atoms with E-state index in [0.29, 0.717) is 17.2 Å². The Kier molecular flexibility index (Phi) is 6.76. The fourth-order valence-electron chi connectivity index (χ4n) is 3.52. The van der Waals surface area contributed by atoms with E-state index in [-0.39, 0.29) is 11.8 Å². The number of methoxy groups -OCH3 is 3. The fourth-order valence-corrected chi connectivity index (χ4v) is 3.52. The summed E-state index contributed by atoms with van der Waals surface area (Å²) in [4.78, 5) is 15.1. The van der Waals surface area contributed by atoms with Crippen LogP contribution in [0.25, 0.3) is 0 Å². The van der Waals surface area contributed by atoms with E-state index in [0.717, 1.165) is 38.2 Å². The van der Waals surface area contributed by atoms with Gasteiger partial charge in [-0.15, -0.1) is 0 Å². The molecule has 28 heavy (non-hydrogen) atoms. The molecule has 2 aromatic rings. The van der Waals surface area contributed by atoms with Gasteiger partial charge in [-0.3, -0.25) is 9.69 Å². The SMILES string of the molecule is COc1cccc(CN2CCC(C(=O)Nc3ccc(OC)cc3OC)CC2)c1. The summed E-state index contributed by atoms with van der Waals surface area (Å²) in [6.07, 6.45) is 1.68. The van der Waals surface area contributed by atoms with Crippen LogP contribution >= 0.6 is 0 Å². The monoisotopic (exact) mass is 384 g/mol. The van der Waals surface area contributed by atoms with Gasteiger partial charge < -0.3 is 19.5 Å². The molecule has 6 heteroatoms. The van der Waals surface area contributed by atoms with E-state index in [4.69, 9.17) is 14.2 Å². The standard InChI is InChI=1S/C22H28N2O4/c1-26-18-6-4-5-16(13-18)15-24-11-9-17(10-12-24)22(25)23-20-8-7-19(27-2)14-21(20)28-3/h4-8,13-14,17H,9-12,15H2,1-3H3,(H,23,25). The number of ether oxygens (including phenoxy) is 3. The summed E-state index contributed by atoms with van der Waals surface area (Å²) in [6, 6.07) is 13.5. The molecule has 0 unspecified atom stereocenters. The second kappa shape index (κ2) is 9.46. The summed E-state index contributed by atoms with van der Waals surface area (Å²) in [5.74, 6) is 2.22. The summed E-state index contributed by atoms with van der Waals surface area (Å²) >= 11 is 0. The smallest absolute Gasteiger partial charge is 0.227 e. The highest BCUT2D eigenvalue weighted by Gasteiger charge is 2.25. The minimum Gasteiger partial charge on any atom is -0.497 e. The first kappa shape index (κ1) is 20.0. The lowest BCUT2D eigenvalue weighted by Gasteiger charge is -2.31. The first-order valence-corrected chi connectivity index (χ1v) is 9.51. The van der Waals surface area contributed by atoms with Crippen LogP contribution in [0.4, 0.5) is 5.69 Å². The third kappa shape index (κ3) is 4.95. The van der Waals surface area contributed by atoms with E-state index >= 15 is 0 Å². The van der Waals surface area contributed by atoms with Gasteiger partial charge in [-0.05, 0) is 55.8 Å². The summed E-state index contributed by atoms with van der Waals surface area (Å²) < 4.78 is 15.9. The van der Waals surface area contributed by atoms with Gasteiger partial charge in [0, 0.05) is 18.5 Å². The molecule has 1 heterocycles. The number of hydrogen-bond donors (Lipinski definition) is 1. The summed E-state index contributed by atoms with van der Waals surface area (Å²) in [6.45, 7) is 2.67. The third-order valence-corrected chi connectivity index (χ3v) is 5.17. The van der Waals surface area contributed by atoms with Crippen LogP contribution in [0.1, 0.15) is 18.4 Å². The molecule has 0 radical (unpaired) electrons. The van der Waals surface area contributed by atoms with Crippen molar-refractivity contribution in [1.82, 2.24) is 4.90 Å². The Morgan fingerprint density at radius 3 is 2.39 bits per heavy atom. The Hall–Kier alpha value is -2.73. The maximum atomic E-state index is 12.7. The van der Waals surface area contributed by atoms with Crippen molar-refractivity contribution in [3.8, 4) is 17.2 Å². The third-order valence-electron chi connectivity index (χ3n) is 5.17. The second-order valence-electron chi connectivity index (χ2n) is 6.96. The van der Waals surface area contributed by atoms with E-state index in [1.807, 2.05) is 24.3 Å². The zero-order chi connectivity index (χ0) is 19.9. The first-order chi connectivity index (χ1) is 13.6. The molecule has 0 aromatic heterocycles. The van der Waals surface area contributed by atoms with Crippen LogP contribution in [0.5, 0.6) is 17.2 Å². The maximum absolute atomic E-state index is 12.7. The molecule has 1 amide bonds. The summed E-state index contributed by atoms with van der Waals surface area (Å²) in [7, 11) is 4.87. The second-order valence-corrected chi connectivity index (χ2v) is 6.96. The molecule has 1 N–H and O–H groups in total. The average molecular weight is 384 g/mol. The highest BCUT2D eigenvalue weighted by molar-refractivity contribution is 5.94. The minimum absolute atomic E-state index is 0.00775. The van der Waals surface area contributed by atoms with Gasteiger partial charge in [0.15, 0.2) is 0 Å². The summed E-state index contributed by atoms with van der Waals surface area (Å²) in [5.41, 5.74) is 1.90. The Morgan fingerprint density at radius 1 is 1.00 bits per heavy atom. The lowest BCUT2D eigenvalue weighted by molar-refractivity contribution is -0.121. The number of rotatable bonds is 7. The molecule has 150 valence electrons. The molecular weight excluding hydrogens is 356 g/mol. The molecule has 1 fully saturated rings. The quantitative estimate of drug-likeness (QED) is 0.791. The van der Waals surface area contributed by atoms with Crippen molar-refractivity contribution < 1.29 is 19.0 Å². The molecule has 1 saturated heterocycles. The van der Waals surface area contributed by atoms with Gasteiger partial charge in [-0.25, -0.2) is 0 Å². The molecule has 2 aromatic carbocycles. The van der Waals surface area contributed by atoms with Gasteiger partial charge in [0.25, 0.3) is 0 Å². The number of carbonyl (C=O) groups excluding carboxylic acids is 1. The predicted molar refractivity (Wildman–Crippen MR) is 109 cm³/mol. The Balaban J connectivity index is 1.54. The Labute approximate surface area is 166 Å². The largest absolute Gasteiger partial charge is 0.497 e. The molecule has 6 nitrogen and oxygen atoms in total. The molecule has 0 atom stereocenters. The van der Waals surface area contributed by atoms with Crippen LogP contribution in [0.2, 0.25) is 0 Å². The van der Waals surface area contributed by atoms with Crippen molar-refractivity contribution in [2.75, 3.05) is 39.7 Å².